The van der Waals surface area contributed by atoms with Crippen molar-refractivity contribution in [2.45, 2.75) is 51.6 Å². The van der Waals surface area contributed by atoms with E-state index in [1.165, 1.54) is 18.4 Å². The molecule has 1 saturated carbocycles. The number of hydrogen-bond acceptors (Lipinski definition) is 2. The van der Waals surface area contributed by atoms with Crippen LogP contribution in [0, 0.1) is 23.2 Å². The molecule has 0 heterocycles. The highest BCUT2D eigenvalue weighted by Gasteiger charge is 2.35. The Morgan fingerprint density at radius 3 is 2.42 bits per heavy atom. The van der Waals surface area contributed by atoms with E-state index in [0.29, 0.717) is 0 Å². The van der Waals surface area contributed by atoms with Crippen LogP contribution in [0.3, 0.4) is 0 Å². The van der Waals surface area contributed by atoms with Crippen molar-refractivity contribution < 1.29 is 0 Å². The molecule has 1 aromatic rings. The standard InChI is InChI=1S/C17H24N2/c1-14(2)16-8-10-17(13-18,11-9-16)19-12-15-6-4-3-5-7-15/h3-7,14,16,19H,8-12H2,1-2H3. The summed E-state index contributed by atoms with van der Waals surface area (Å²) >= 11 is 0. The molecule has 2 heteroatoms. The molecule has 0 bridgehead atoms. The molecule has 0 aliphatic heterocycles. The molecule has 0 unspecified atom stereocenters. The van der Waals surface area contributed by atoms with Gasteiger partial charge in [-0.15, -0.1) is 0 Å². The van der Waals surface area contributed by atoms with Crippen molar-refractivity contribution in [2.24, 2.45) is 11.8 Å². The molecule has 1 aromatic carbocycles. The molecule has 0 saturated heterocycles. The molecular weight excluding hydrogens is 232 g/mol. The molecule has 0 radical (unpaired) electrons. The number of hydrogen-bond donors (Lipinski definition) is 1. The maximum absolute atomic E-state index is 9.53. The Balaban J connectivity index is 1.92. The Kier molecular flexibility index (Phi) is 4.61. The zero-order valence-corrected chi connectivity index (χ0v) is 12.0. The minimum atomic E-state index is -0.304. The van der Waals surface area contributed by atoms with E-state index in [0.717, 1.165) is 31.2 Å². The molecule has 2 rings (SSSR count). The Morgan fingerprint density at radius 1 is 1.26 bits per heavy atom. The van der Waals surface area contributed by atoms with E-state index in [9.17, 15) is 5.26 Å². The average Bonchev–Trinajstić information content (AvgIpc) is 2.46. The fourth-order valence-electron chi connectivity index (χ4n) is 2.99. The molecule has 102 valence electrons. The Bertz CT molecular complexity index is 422. The van der Waals surface area contributed by atoms with E-state index in [1.54, 1.807) is 0 Å². The first-order chi connectivity index (χ1) is 9.15. The van der Waals surface area contributed by atoms with Crippen LogP contribution in [0.4, 0.5) is 0 Å². The number of nitrogens with one attached hydrogen (secondary N) is 1. The van der Waals surface area contributed by atoms with Crippen molar-refractivity contribution in [2.75, 3.05) is 0 Å². The molecule has 0 spiro atoms. The highest BCUT2D eigenvalue weighted by molar-refractivity contribution is 5.17. The zero-order chi connectivity index (χ0) is 13.7. The maximum atomic E-state index is 9.53. The van der Waals surface area contributed by atoms with Gasteiger partial charge in [-0.3, -0.25) is 5.32 Å². The van der Waals surface area contributed by atoms with Crippen LogP contribution in [-0.4, -0.2) is 5.54 Å². The van der Waals surface area contributed by atoms with Crippen LogP contribution in [-0.2, 0) is 6.54 Å². The van der Waals surface area contributed by atoms with Crippen molar-refractivity contribution in [1.29, 1.82) is 5.26 Å². The second-order valence-electron chi connectivity index (χ2n) is 6.11. The lowest BCUT2D eigenvalue weighted by Crippen LogP contribution is -2.46. The lowest BCUT2D eigenvalue weighted by Gasteiger charge is -2.37. The summed E-state index contributed by atoms with van der Waals surface area (Å²) in [5.41, 5.74) is 0.949. The molecule has 0 atom stereocenters. The molecule has 1 N–H and O–H groups in total. The molecule has 0 aromatic heterocycles. The van der Waals surface area contributed by atoms with Crippen LogP contribution in [0.2, 0.25) is 0 Å². The van der Waals surface area contributed by atoms with Gasteiger partial charge in [-0.1, -0.05) is 44.2 Å². The van der Waals surface area contributed by atoms with Crippen molar-refractivity contribution in [3.05, 3.63) is 35.9 Å². The van der Waals surface area contributed by atoms with E-state index < -0.39 is 0 Å². The predicted octanol–water partition coefficient (Wildman–Crippen LogP) is 3.88. The lowest BCUT2D eigenvalue weighted by molar-refractivity contribution is 0.199. The quantitative estimate of drug-likeness (QED) is 0.887. The second kappa shape index (κ2) is 6.21. The third-order valence-electron chi connectivity index (χ3n) is 4.51. The summed E-state index contributed by atoms with van der Waals surface area (Å²) in [6.45, 7) is 5.38. The van der Waals surface area contributed by atoms with Crippen LogP contribution in [0.1, 0.15) is 45.1 Å². The molecule has 0 amide bonds. The van der Waals surface area contributed by atoms with Crippen molar-refractivity contribution >= 4 is 0 Å². The van der Waals surface area contributed by atoms with Gasteiger partial charge in [0.25, 0.3) is 0 Å². The van der Waals surface area contributed by atoms with Gasteiger partial charge in [-0.05, 0) is 43.1 Å². The largest absolute Gasteiger partial charge is 0.295 e. The minimum Gasteiger partial charge on any atom is -0.295 e. The fraction of sp³-hybridized carbons (Fsp3) is 0.588. The van der Waals surface area contributed by atoms with Gasteiger partial charge in [0.15, 0.2) is 0 Å². The number of benzene rings is 1. The Labute approximate surface area is 116 Å². The summed E-state index contributed by atoms with van der Waals surface area (Å²) in [6.07, 6.45) is 4.32. The maximum Gasteiger partial charge on any atom is 0.107 e. The van der Waals surface area contributed by atoms with Gasteiger partial charge in [-0.2, -0.15) is 5.26 Å². The molecule has 2 nitrogen and oxygen atoms in total. The van der Waals surface area contributed by atoms with E-state index in [1.807, 2.05) is 18.2 Å². The first kappa shape index (κ1) is 14.1. The van der Waals surface area contributed by atoms with Crippen molar-refractivity contribution in [1.82, 2.24) is 5.32 Å². The summed E-state index contributed by atoms with van der Waals surface area (Å²) in [5.74, 6) is 1.53. The van der Waals surface area contributed by atoms with E-state index >= 15 is 0 Å². The van der Waals surface area contributed by atoms with Gasteiger partial charge in [-0.25, -0.2) is 0 Å². The number of nitriles is 1. The molecule has 1 fully saturated rings. The molecule has 1 aliphatic carbocycles. The van der Waals surface area contributed by atoms with Crippen LogP contribution < -0.4 is 5.32 Å². The summed E-state index contributed by atoms with van der Waals surface area (Å²) in [7, 11) is 0. The summed E-state index contributed by atoms with van der Waals surface area (Å²) in [5, 5.41) is 13.0. The van der Waals surface area contributed by atoms with Gasteiger partial charge < -0.3 is 0 Å². The number of rotatable bonds is 4. The smallest absolute Gasteiger partial charge is 0.107 e. The normalized spacial score (nSPS) is 27.2. The van der Waals surface area contributed by atoms with Gasteiger partial charge in [0.1, 0.15) is 5.54 Å². The van der Waals surface area contributed by atoms with Crippen LogP contribution in [0.5, 0.6) is 0 Å². The molecule has 1 aliphatic rings. The summed E-state index contributed by atoms with van der Waals surface area (Å²) in [4.78, 5) is 0. The van der Waals surface area contributed by atoms with E-state index in [-0.39, 0.29) is 5.54 Å². The SMILES string of the molecule is CC(C)C1CCC(C#N)(NCc2ccccc2)CC1. The van der Waals surface area contributed by atoms with Crippen LogP contribution in [0.25, 0.3) is 0 Å². The first-order valence-electron chi connectivity index (χ1n) is 7.35. The van der Waals surface area contributed by atoms with Crippen LogP contribution in [0.15, 0.2) is 30.3 Å². The van der Waals surface area contributed by atoms with E-state index in [2.05, 4.69) is 37.4 Å². The zero-order valence-electron chi connectivity index (χ0n) is 12.0. The summed E-state index contributed by atoms with van der Waals surface area (Å²) < 4.78 is 0. The van der Waals surface area contributed by atoms with E-state index in [4.69, 9.17) is 0 Å². The van der Waals surface area contributed by atoms with Gasteiger partial charge in [0, 0.05) is 6.54 Å². The highest BCUT2D eigenvalue weighted by atomic mass is 15.0. The lowest BCUT2D eigenvalue weighted by atomic mass is 9.73. The van der Waals surface area contributed by atoms with Gasteiger partial charge in [0.05, 0.1) is 6.07 Å². The monoisotopic (exact) mass is 256 g/mol. The third kappa shape index (κ3) is 3.58. The predicted molar refractivity (Wildman–Crippen MR) is 78.4 cm³/mol. The van der Waals surface area contributed by atoms with Gasteiger partial charge >= 0.3 is 0 Å². The third-order valence-corrected chi connectivity index (χ3v) is 4.51. The Hall–Kier alpha value is -1.33. The van der Waals surface area contributed by atoms with Crippen molar-refractivity contribution in [3.8, 4) is 6.07 Å². The van der Waals surface area contributed by atoms with Gasteiger partial charge in [0.2, 0.25) is 0 Å². The average molecular weight is 256 g/mol. The minimum absolute atomic E-state index is 0.304. The number of nitrogens with zero attached hydrogens (tertiary/aromatic N) is 1. The highest BCUT2D eigenvalue weighted by Crippen LogP contribution is 2.35. The Morgan fingerprint density at radius 2 is 1.89 bits per heavy atom. The van der Waals surface area contributed by atoms with Crippen molar-refractivity contribution in [3.63, 3.8) is 0 Å². The topological polar surface area (TPSA) is 35.8 Å². The molecular formula is C17H24N2. The first-order valence-corrected chi connectivity index (χ1v) is 7.35. The summed E-state index contributed by atoms with van der Waals surface area (Å²) in [6, 6.07) is 12.9. The molecule has 19 heavy (non-hydrogen) atoms. The fourth-order valence-corrected chi connectivity index (χ4v) is 2.99. The second-order valence-corrected chi connectivity index (χ2v) is 6.11. The van der Waals surface area contributed by atoms with Crippen LogP contribution >= 0.6 is 0 Å².